The van der Waals surface area contributed by atoms with Crippen LogP contribution < -0.4 is 0 Å². The minimum Gasteiger partial charge on any atom is -0.392 e. The maximum Gasteiger partial charge on any atom is 0.0684 e. The number of likely N-dealkylation sites (N-methyl/N-ethyl adjacent to an activating group) is 1. The summed E-state index contributed by atoms with van der Waals surface area (Å²) in [5, 5.41) is 9.19. The molecule has 0 aromatic heterocycles. The summed E-state index contributed by atoms with van der Waals surface area (Å²) in [6.07, 6.45) is 0.800. The molecule has 1 heterocycles. The Bertz CT molecular complexity index is 111. The van der Waals surface area contributed by atoms with Crippen molar-refractivity contribution in [3.63, 3.8) is 0 Å². The Balaban J connectivity index is 2.58. The Kier molecular flexibility index (Phi) is 1.53. The maximum atomic E-state index is 9.19. The van der Waals surface area contributed by atoms with Crippen molar-refractivity contribution >= 4 is 0 Å². The zero-order chi connectivity index (χ0) is 7.07. The summed E-state index contributed by atoms with van der Waals surface area (Å²) in [6.45, 7) is 5.14. The Morgan fingerprint density at radius 1 is 1.56 bits per heavy atom. The quantitative estimate of drug-likeness (QED) is 0.513. The van der Waals surface area contributed by atoms with Crippen LogP contribution in [0.25, 0.3) is 0 Å². The summed E-state index contributed by atoms with van der Waals surface area (Å²) in [7, 11) is 2.05. The van der Waals surface area contributed by atoms with Crippen LogP contribution in [0.15, 0.2) is 0 Å². The summed E-state index contributed by atoms with van der Waals surface area (Å²) >= 11 is 0. The number of likely N-dealkylation sites (tertiary alicyclic amines) is 1. The number of aliphatic hydroxyl groups is 1. The molecule has 0 aromatic rings. The normalized spacial score (nSPS) is 35.3. The third-order valence-electron chi connectivity index (χ3n) is 2.25. The van der Waals surface area contributed by atoms with E-state index in [0.29, 0.717) is 0 Å². The van der Waals surface area contributed by atoms with E-state index in [1.54, 1.807) is 0 Å². The molecule has 0 aromatic carbocycles. The maximum absolute atomic E-state index is 9.19. The van der Waals surface area contributed by atoms with Gasteiger partial charge in [0, 0.05) is 12.1 Å². The van der Waals surface area contributed by atoms with Crippen LogP contribution in [0.2, 0.25) is 0 Å². The first-order chi connectivity index (χ1) is 4.02. The highest BCUT2D eigenvalue weighted by Crippen LogP contribution is 2.25. The SMILES string of the molecule is CN1CC(O)CC1(C)C. The molecule has 1 N–H and O–H groups in total. The number of aliphatic hydroxyl groups excluding tert-OH is 1. The number of hydrogen-bond donors (Lipinski definition) is 1. The topological polar surface area (TPSA) is 23.5 Å². The van der Waals surface area contributed by atoms with Crippen LogP contribution >= 0.6 is 0 Å². The van der Waals surface area contributed by atoms with Gasteiger partial charge in [-0.2, -0.15) is 0 Å². The van der Waals surface area contributed by atoms with Gasteiger partial charge in [0.2, 0.25) is 0 Å². The van der Waals surface area contributed by atoms with Crippen LogP contribution in [-0.4, -0.2) is 35.2 Å². The van der Waals surface area contributed by atoms with Crippen LogP contribution in [0, 0.1) is 0 Å². The van der Waals surface area contributed by atoms with Crippen molar-refractivity contribution in [2.45, 2.75) is 31.9 Å². The van der Waals surface area contributed by atoms with Gasteiger partial charge in [0.15, 0.2) is 0 Å². The van der Waals surface area contributed by atoms with Gasteiger partial charge in [0.05, 0.1) is 6.10 Å². The fourth-order valence-electron chi connectivity index (χ4n) is 1.36. The number of nitrogens with zero attached hydrogens (tertiary/aromatic N) is 1. The lowest BCUT2D eigenvalue weighted by molar-refractivity contribution is 0.182. The second-order valence-corrected chi connectivity index (χ2v) is 3.55. The van der Waals surface area contributed by atoms with Gasteiger partial charge >= 0.3 is 0 Å². The van der Waals surface area contributed by atoms with E-state index in [1.165, 1.54) is 0 Å². The molecule has 0 spiro atoms. The second kappa shape index (κ2) is 1.96. The Hall–Kier alpha value is -0.0800. The Morgan fingerprint density at radius 2 is 2.11 bits per heavy atom. The molecule has 1 aliphatic rings. The number of hydrogen-bond acceptors (Lipinski definition) is 2. The lowest BCUT2D eigenvalue weighted by Crippen LogP contribution is -2.34. The summed E-state index contributed by atoms with van der Waals surface area (Å²) in [6, 6.07) is 0. The predicted molar refractivity (Wildman–Crippen MR) is 37.3 cm³/mol. The fourth-order valence-corrected chi connectivity index (χ4v) is 1.36. The third-order valence-corrected chi connectivity index (χ3v) is 2.25. The first kappa shape index (κ1) is 7.03. The molecule has 1 rings (SSSR count). The van der Waals surface area contributed by atoms with Crippen LogP contribution in [0.5, 0.6) is 0 Å². The van der Waals surface area contributed by atoms with Gasteiger partial charge in [0.1, 0.15) is 0 Å². The van der Waals surface area contributed by atoms with Crippen LogP contribution in [0.1, 0.15) is 20.3 Å². The van der Waals surface area contributed by atoms with Crippen molar-refractivity contribution < 1.29 is 5.11 Å². The minimum atomic E-state index is -0.106. The molecule has 1 fully saturated rings. The Labute approximate surface area is 56.5 Å². The molecule has 1 unspecified atom stereocenters. The van der Waals surface area contributed by atoms with Crippen LogP contribution in [0.4, 0.5) is 0 Å². The highest BCUT2D eigenvalue weighted by Gasteiger charge is 2.34. The standard InChI is InChI=1S/C7H15NO/c1-7(2)4-6(9)5-8(7)3/h6,9H,4-5H2,1-3H3. The number of β-amino-alcohol motifs (C(OH)–C–C–N with tert-alkyl or cyclic N) is 1. The fraction of sp³-hybridized carbons (Fsp3) is 1.00. The first-order valence-corrected chi connectivity index (χ1v) is 3.42. The summed E-state index contributed by atoms with van der Waals surface area (Å²) in [5.74, 6) is 0. The summed E-state index contributed by atoms with van der Waals surface area (Å²) in [4.78, 5) is 2.19. The molecule has 1 aliphatic heterocycles. The lowest BCUT2D eigenvalue weighted by Gasteiger charge is -2.26. The monoisotopic (exact) mass is 129 g/mol. The smallest absolute Gasteiger partial charge is 0.0684 e. The van der Waals surface area contributed by atoms with Crippen molar-refractivity contribution in [2.24, 2.45) is 0 Å². The van der Waals surface area contributed by atoms with E-state index >= 15 is 0 Å². The van der Waals surface area contributed by atoms with E-state index in [4.69, 9.17) is 0 Å². The molecule has 2 heteroatoms. The zero-order valence-corrected chi connectivity index (χ0v) is 6.39. The van der Waals surface area contributed by atoms with Crippen LogP contribution in [0.3, 0.4) is 0 Å². The summed E-state index contributed by atoms with van der Waals surface area (Å²) < 4.78 is 0. The van der Waals surface area contributed by atoms with Gasteiger partial charge in [0.25, 0.3) is 0 Å². The van der Waals surface area contributed by atoms with Crippen molar-refractivity contribution in [1.82, 2.24) is 4.90 Å². The average molecular weight is 129 g/mol. The molecule has 2 nitrogen and oxygen atoms in total. The van der Waals surface area contributed by atoms with Gasteiger partial charge < -0.3 is 5.11 Å². The van der Waals surface area contributed by atoms with Crippen LogP contribution in [-0.2, 0) is 0 Å². The molecule has 0 bridgehead atoms. The Morgan fingerprint density at radius 3 is 2.22 bits per heavy atom. The molecule has 0 aliphatic carbocycles. The minimum absolute atomic E-state index is 0.106. The third kappa shape index (κ3) is 1.25. The van der Waals surface area contributed by atoms with Gasteiger partial charge in [-0.25, -0.2) is 0 Å². The van der Waals surface area contributed by atoms with Gasteiger partial charge in [-0.05, 0) is 27.3 Å². The largest absolute Gasteiger partial charge is 0.392 e. The number of rotatable bonds is 0. The molecule has 0 saturated carbocycles. The average Bonchev–Trinajstić information content (AvgIpc) is 1.79. The van der Waals surface area contributed by atoms with E-state index in [2.05, 4.69) is 25.8 Å². The lowest BCUT2D eigenvalue weighted by atomic mass is 10.0. The first-order valence-electron chi connectivity index (χ1n) is 3.42. The van der Waals surface area contributed by atoms with Crippen molar-refractivity contribution in [2.75, 3.05) is 13.6 Å². The van der Waals surface area contributed by atoms with Gasteiger partial charge in [-0.15, -0.1) is 0 Å². The molecule has 54 valence electrons. The van der Waals surface area contributed by atoms with Gasteiger partial charge in [-0.1, -0.05) is 0 Å². The van der Waals surface area contributed by atoms with E-state index in [0.717, 1.165) is 13.0 Å². The molecular formula is C7H15NO. The van der Waals surface area contributed by atoms with E-state index in [1.807, 2.05) is 0 Å². The molecule has 1 saturated heterocycles. The van der Waals surface area contributed by atoms with Crippen molar-refractivity contribution in [3.8, 4) is 0 Å². The van der Waals surface area contributed by atoms with E-state index in [-0.39, 0.29) is 11.6 Å². The highest BCUT2D eigenvalue weighted by molar-refractivity contribution is 4.90. The molecule has 0 radical (unpaired) electrons. The highest BCUT2D eigenvalue weighted by atomic mass is 16.3. The van der Waals surface area contributed by atoms with E-state index < -0.39 is 0 Å². The molecule has 9 heavy (non-hydrogen) atoms. The second-order valence-electron chi connectivity index (χ2n) is 3.55. The van der Waals surface area contributed by atoms with E-state index in [9.17, 15) is 5.11 Å². The molecule has 1 atom stereocenters. The predicted octanol–water partition coefficient (Wildman–Crippen LogP) is 0.461. The zero-order valence-electron chi connectivity index (χ0n) is 6.39. The molecule has 0 amide bonds. The van der Waals surface area contributed by atoms with Crippen molar-refractivity contribution in [3.05, 3.63) is 0 Å². The summed E-state index contributed by atoms with van der Waals surface area (Å²) in [5.41, 5.74) is 0.208. The van der Waals surface area contributed by atoms with Crippen molar-refractivity contribution in [1.29, 1.82) is 0 Å². The molecular weight excluding hydrogens is 114 g/mol. The van der Waals surface area contributed by atoms with Gasteiger partial charge in [-0.3, -0.25) is 4.90 Å².